The van der Waals surface area contributed by atoms with E-state index in [1.807, 2.05) is 4.90 Å². The van der Waals surface area contributed by atoms with Crippen molar-refractivity contribution in [1.82, 2.24) is 10.2 Å². The SMILES string of the molecule is COC(=O)C(=O)Nc1ccc(CN(c2ccc(Cl)c(Cl)c2)c2nnc(-c3cccc(Oc4cccc(C(F)(F)F)c4)c3)s2)cc1. The molecule has 1 N–H and O–H groups in total. The van der Waals surface area contributed by atoms with Gasteiger partial charge in [0.05, 0.1) is 29.3 Å². The van der Waals surface area contributed by atoms with Crippen molar-refractivity contribution in [3.05, 3.63) is 112 Å². The van der Waals surface area contributed by atoms with Crippen LogP contribution < -0.4 is 15.0 Å². The Labute approximate surface area is 268 Å². The minimum atomic E-state index is -4.49. The van der Waals surface area contributed by atoms with Gasteiger partial charge in [-0.1, -0.05) is 64.9 Å². The minimum Gasteiger partial charge on any atom is -0.462 e. The van der Waals surface area contributed by atoms with Crippen LogP contribution in [-0.2, 0) is 27.0 Å². The molecule has 0 radical (unpaired) electrons. The fraction of sp³-hybridized carbons (Fsp3) is 0.0968. The van der Waals surface area contributed by atoms with Crippen LogP contribution in [0.25, 0.3) is 10.6 Å². The Bertz CT molecular complexity index is 1850. The predicted octanol–water partition coefficient (Wildman–Crippen LogP) is 8.77. The number of ether oxygens (including phenoxy) is 2. The van der Waals surface area contributed by atoms with Gasteiger partial charge in [-0.3, -0.25) is 4.79 Å². The number of esters is 1. The van der Waals surface area contributed by atoms with Gasteiger partial charge in [-0.05, 0) is 66.2 Å². The maximum Gasteiger partial charge on any atom is 0.416 e. The van der Waals surface area contributed by atoms with Crippen LogP contribution in [0.1, 0.15) is 11.1 Å². The number of anilines is 3. The molecule has 0 aliphatic carbocycles. The van der Waals surface area contributed by atoms with Crippen LogP contribution in [0, 0.1) is 0 Å². The van der Waals surface area contributed by atoms with E-state index in [1.165, 1.54) is 23.5 Å². The zero-order valence-corrected chi connectivity index (χ0v) is 25.5. The topological polar surface area (TPSA) is 93.7 Å². The van der Waals surface area contributed by atoms with E-state index in [4.69, 9.17) is 27.9 Å². The number of benzene rings is 4. The van der Waals surface area contributed by atoms with Crippen LogP contribution in [0.5, 0.6) is 11.5 Å². The summed E-state index contributed by atoms with van der Waals surface area (Å²) >= 11 is 13.8. The number of carbonyl (C=O) groups is 2. The molecule has 0 atom stereocenters. The number of halogens is 5. The molecule has 14 heteroatoms. The molecular formula is C31H21Cl2F3N4O4S. The smallest absolute Gasteiger partial charge is 0.416 e. The van der Waals surface area contributed by atoms with Gasteiger partial charge >= 0.3 is 18.1 Å². The van der Waals surface area contributed by atoms with E-state index in [-0.39, 0.29) is 5.75 Å². The summed E-state index contributed by atoms with van der Waals surface area (Å²) in [5, 5.41) is 13.0. The lowest BCUT2D eigenvalue weighted by Crippen LogP contribution is -2.23. The van der Waals surface area contributed by atoms with Crippen LogP contribution in [0.15, 0.2) is 91.0 Å². The number of rotatable bonds is 8. The highest BCUT2D eigenvalue weighted by molar-refractivity contribution is 7.18. The van der Waals surface area contributed by atoms with Crippen LogP contribution in [0.4, 0.5) is 29.7 Å². The number of aromatic nitrogens is 2. The predicted molar refractivity (Wildman–Crippen MR) is 166 cm³/mol. The number of nitrogens with one attached hydrogen (secondary N) is 1. The molecule has 0 saturated heterocycles. The van der Waals surface area contributed by atoms with Crippen molar-refractivity contribution in [2.75, 3.05) is 17.3 Å². The summed E-state index contributed by atoms with van der Waals surface area (Å²) in [5.74, 6) is -1.54. The molecule has 1 aromatic heterocycles. The normalized spacial score (nSPS) is 11.2. The van der Waals surface area contributed by atoms with E-state index in [1.54, 1.807) is 66.7 Å². The lowest BCUT2D eigenvalue weighted by atomic mass is 10.2. The zero-order chi connectivity index (χ0) is 32.1. The lowest BCUT2D eigenvalue weighted by molar-refractivity contribution is -0.150. The number of nitrogens with zero attached hydrogens (tertiary/aromatic N) is 3. The molecule has 1 amide bonds. The Morgan fingerprint density at radius 1 is 0.889 bits per heavy atom. The highest BCUT2D eigenvalue weighted by atomic mass is 35.5. The largest absolute Gasteiger partial charge is 0.462 e. The zero-order valence-electron chi connectivity index (χ0n) is 23.1. The first-order valence-electron chi connectivity index (χ1n) is 13.0. The maximum absolute atomic E-state index is 13.1. The standard InChI is InChI=1S/C31H21Cl2F3N4O4S/c1-43-29(42)27(41)37-21-10-8-18(9-11-21)17-40(22-12-13-25(32)26(33)16-22)30-39-38-28(45-30)19-4-2-6-23(14-19)44-24-7-3-5-20(15-24)31(34,35)36/h2-16H,17H2,1H3,(H,37,41). The van der Waals surface area contributed by atoms with E-state index in [2.05, 4.69) is 20.3 Å². The number of alkyl halides is 3. The second-order valence-electron chi connectivity index (χ2n) is 9.37. The fourth-order valence-electron chi connectivity index (χ4n) is 4.08. The first kappa shape index (κ1) is 31.8. The number of amides is 1. The average molecular weight is 674 g/mol. The molecule has 0 aliphatic rings. The van der Waals surface area contributed by atoms with Crippen molar-refractivity contribution in [2.24, 2.45) is 0 Å². The van der Waals surface area contributed by atoms with Gasteiger partial charge in [-0.25, -0.2) is 4.79 Å². The quantitative estimate of drug-likeness (QED) is 0.130. The molecule has 0 unspecified atom stereocenters. The van der Waals surface area contributed by atoms with E-state index < -0.39 is 23.6 Å². The van der Waals surface area contributed by atoms with Gasteiger partial charge in [0.1, 0.15) is 16.5 Å². The molecule has 0 aliphatic heterocycles. The summed E-state index contributed by atoms with van der Waals surface area (Å²) in [6.45, 7) is 0.316. The van der Waals surface area contributed by atoms with Crippen molar-refractivity contribution < 1.29 is 32.2 Å². The van der Waals surface area contributed by atoms with Crippen molar-refractivity contribution in [3.8, 4) is 22.1 Å². The summed E-state index contributed by atoms with van der Waals surface area (Å²) in [6.07, 6.45) is -4.49. The molecule has 5 aromatic rings. The maximum atomic E-state index is 13.1. The van der Waals surface area contributed by atoms with Crippen molar-refractivity contribution in [3.63, 3.8) is 0 Å². The van der Waals surface area contributed by atoms with Crippen LogP contribution in [0.3, 0.4) is 0 Å². The Balaban J connectivity index is 1.40. The van der Waals surface area contributed by atoms with E-state index in [9.17, 15) is 22.8 Å². The summed E-state index contributed by atoms with van der Waals surface area (Å²) in [6, 6.07) is 23.4. The average Bonchev–Trinajstić information content (AvgIpc) is 3.52. The Morgan fingerprint density at radius 3 is 2.29 bits per heavy atom. The van der Waals surface area contributed by atoms with E-state index >= 15 is 0 Å². The first-order chi connectivity index (χ1) is 21.5. The van der Waals surface area contributed by atoms with Gasteiger partial charge in [0.25, 0.3) is 0 Å². The van der Waals surface area contributed by atoms with E-state index in [0.717, 1.165) is 24.8 Å². The first-order valence-corrected chi connectivity index (χ1v) is 14.6. The summed E-state index contributed by atoms with van der Waals surface area (Å²) < 4.78 is 49.6. The molecule has 45 heavy (non-hydrogen) atoms. The van der Waals surface area contributed by atoms with Gasteiger partial charge in [0.15, 0.2) is 0 Å². The second-order valence-corrected chi connectivity index (χ2v) is 11.1. The Kier molecular flexibility index (Phi) is 9.57. The molecular weight excluding hydrogens is 652 g/mol. The molecule has 4 aromatic carbocycles. The number of hydrogen-bond donors (Lipinski definition) is 1. The molecule has 0 spiro atoms. The fourth-order valence-corrected chi connectivity index (χ4v) is 5.23. The summed E-state index contributed by atoms with van der Waals surface area (Å²) in [7, 11) is 1.12. The van der Waals surface area contributed by atoms with Crippen molar-refractivity contribution >= 4 is 62.9 Å². The molecule has 5 rings (SSSR count). The molecule has 0 bridgehead atoms. The van der Waals surface area contributed by atoms with Gasteiger partial charge in [-0.15, -0.1) is 10.2 Å². The third-order valence-electron chi connectivity index (χ3n) is 6.26. The summed E-state index contributed by atoms with van der Waals surface area (Å²) in [5.41, 5.74) is 1.73. The highest BCUT2D eigenvalue weighted by Gasteiger charge is 2.30. The van der Waals surface area contributed by atoms with Gasteiger partial charge in [0.2, 0.25) is 5.13 Å². The molecule has 0 saturated carbocycles. The number of methoxy groups -OCH3 is 1. The molecule has 8 nitrogen and oxygen atoms in total. The van der Waals surface area contributed by atoms with Gasteiger partial charge in [-0.2, -0.15) is 13.2 Å². The number of hydrogen-bond acceptors (Lipinski definition) is 8. The van der Waals surface area contributed by atoms with Crippen molar-refractivity contribution in [2.45, 2.75) is 12.7 Å². The van der Waals surface area contributed by atoms with Gasteiger partial charge < -0.3 is 19.7 Å². The Morgan fingerprint density at radius 2 is 1.60 bits per heavy atom. The molecule has 0 fully saturated rings. The van der Waals surface area contributed by atoms with Crippen LogP contribution >= 0.6 is 34.5 Å². The molecule has 230 valence electrons. The van der Waals surface area contributed by atoms with Crippen molar-refractivity contribution in [1.29, 1.82) is 0 Å². The summed E-state index contributed by atoms with van der Waals surface area (Å²) in [4.78, 5) is 25.1. The third kappa shape index (κ3) is 7.90. The van der Waals surface area contributed by atoms with Gasteiger partial charge in [0, 0.05) is 16.9 Å². The minimum absolute atomic E-state index is 0.0431. The van der Waals surface area contributed by atoms with Crippen LogP contribution in [-0.4, -0.2) is 29.2 Å². The lowest BCUT2D eigenvalue weighted by Gasteiger charge is -2.22. The Hall–Kier alpha value is -4.65. The molecule has 1 heterocycles. The van der Waals surface area contributed by atoms with Crippen LogP contribution in [0.2, 0.25) is 10.0 Å². The van der Waals surface area contributed by atoms with E-state index in [0.29, 0.717) is 49.4 Å². The number of carbonyl (C=O) groups excluding carboxylic acids is 2. The second kappa shape index (κ2) is 13.6. The third-order valence-corrected chi connectivity index (χ3v) is 8.00. The monoisotopic (exact) mass is 672 g/mol. The highest BCUT2D eigenvalue weighted by Crippen LogP contribution is 2.38.